The molecule has 0 aliphatic carbocycles. The van der Waals surface area contributed by atoms with Crippen molar-refractivity contribution in [1.82, 2.24) is 9.97 Å². The molecule has 120 valence electrons. The number of nitrogens with zero attached hydrogens (tertiary/aromatic N) is 6. The lowest BCUT2D eigenvalue weighted by Gasteiger charge is -2.34. The van der Waals surface area contributed by atoms with Crippen LogP contribution in [0, 0.1) is 0 Å². The minimum absolute atomic E-state index is 0.269. The van der Waals surface area contributed by atoms with E-state index in [0.29, 0.717) is 0 Å². The number of anilines is 4. The standard InChI is InChI=1S/C17H22N6/c1-12-20(3)14-7-5-9-18-16(14)22(12)11-23-13(2)21(4)15-8-6-10-19-17(15)23/h5-10,12-13H,11H2,1-4H3/t12-,13+. The molecule has 2 aliphatic rings. The van der Waals surface area contributed by atoms with Crippen LogP contribution in [0.1, 0.15) is 13.8 Å². The molecule has 4 rings (SSSR count). The highest BCUT2D eigenvalue weighted by atomic mass is 15.5. The first-order valence-corrected chi connectivity index (χ1v) is 7.98. The molecule has 6 heteroatoms. The van der Waals surface area contributed by atoms with Crippen LogP contribution in [0.4, 0.5) is 23.0 Å². The number of aromatic nitrogens is 2. The minimum Gasteiger partial charge on any atom is -0.351 e. The van der Waals surface area contributed by atoms with Crippen LogP contribution in [0.5, 0.6) is 0 Å². The van der Waals surface area contributed by atoms with Crippen molar-refractivity contribution in [1.29, 1.82) is 0 Å². The van der Waals surface area contributed by atoms with E-state index in [1.807, 2.05) is 24.5 Å². The molecule has 2 aromatic rings. The molecular weight excluding hydrogens is 288 g/mol. The fourth-order valence-electron chi connectivity index (χ4n) is 3.48. The first kappa shape index (κ1) is 14.1. The lowest BCUT2D eigenvalue weighted by atomic mass is 10.4. The van der Waals surface area contributed by atoms with Crippen molar-refractivity contribution in [3.05, 3.63) is 36.7 Å². The summed E-state index contributed by atoms with van der Waals surface area (Å²) in [6.45, 7) is 5.20. The van der Waals surface area contributed by atoms with E-state index in [1.165, 1.54) is 11.4 Å². The third-order valence-corrected chi connectivity index (χ3v) is 5.16. The van der Waals surface area contributed by atoms with Gasteiger partial charge in [-0.05, 0) is 38.1 Å². The molecule has 0 fully saturated rings. The van der Waals surface area contributed by atoms with Gasteiger partial charge in [0.1, 0.15) is 12.3 Å². The van der Waals surface area contributed by atoms with E-state index in [-0.39, 0.29) is 12.3 Å². The second kappa shape index (κ2) is 5.01. The second-order valence-corrected chi connectivity index (χ2v) is 6.26. The van der Waals surface area contributed by atoms with Crippen molar-refractivity contribution in [3.63, 3.8) is 0 Å². The molecule has 0 saturated heterocycles. The van der Waals surface area contributed by atoms with Crippen molar-refractivity contribution >= 4 is 23.0 Å². The molecule has 0 amide bonds. The lowest BCUT2D eigenvalue weighted by molar-refractivity contribution is 0.587. The van der Waals surface area contributed by atoms with Gasteiger partial charge in [-0.25, -0.2) is 9.97 Å². The van der Waals surface area contributed by atoms with Crippen LogP contribution in [0.2, 0.25) is 0 Å². The Labute approximate surface area is 137 Å². The van der Waals surface area contributed by atoms with E-state index >= 15 is 0 Å². The first-order valence-electron chi connectivity index (χ1n) is 7.98. The summed E-state index contributed by atoms with van der Waals surface area (Å²) in [5, 5.41) is 0. The van der Waals surface area contributed by atoms with Crippen LogP contribution in [0.15, 0.2) is 36.7 Å². The van der Waals surface area contributed by atoms with Crippen LogP contribution < -0.4 is 19.6 Å². The van der Waals surface area contributed by atoms with Gasteiger partial charge in [0.25, 0.3) is 0 Å². The Balaban J connectivity index is 1.69. The van der Waals surface area contributed by atoms with Gasteiger partial charge in [0.05, 0.1) is 18.0 Å². The Bertz CT molecular complexity index is 671. The maximum Gasteiger partial charge on any atom is 0.155 e. The third kappa shape index (κ3) is 1.94. The predicted molar refractivity (Wildman–Crippen MR) is 94.0 cm³/mol. The van der Waals surface area contributed by atoms with Gasteiger partial charge in [-0.15, -0.1) is 0 Å². The quantitative estimate of drug-likeness (QED) is 0.848. The summed E-state index contributed by atoms with van der Waals surface area (Å²) in [4.78, 5) is 18.4. The van der Waals surface area contributed by atoms with E-state index < -0.39 is 0 Å². The molecule has 2 atom stereocenters. The highest BCUT2D eigenvalue weighted by Crippen LogP contribution is 2.40. The summed E-state index contributed by atoms with van der Waals surface area (Å²) >= 11 is 0. The molecule has 2 aromatic heterocycles. The van der Waals surface area contributed by atoms with Gasteiger partial charge in [-0.2, -0.15) is 0 Å². The average Bonchev–Trinajstić information content (AvgIpc) is 2.97. The molecule has 23 heavy (non-hydrogen) atoms. The van der Waals surface area contributed by atoms with Crippen molar-refractivity contribution in [3.8, 4) is 0 Å². The van der Waals surface area contributed by atoms with Gasteiger partial charge in [-0.1, -0.05) is 0 Å². The van der Waals surface area contributed by atoms with E-state index in [2.05, 4.69) is 69.6 Å². The van der Waals surface area contributed by atoms with Gasteiger partial charge in [0.2, 0.25) is 0 Å². The molecule has 0 radical (unpaired) electrons. The lowest BCUT2D eigenvalue weighted by Crippen LogP contribution is -2.49. The number of rotatable bonds is 2. The Morgan fingerprint density at radius 2 is 1.26 bits per heavy atom. The van der Waals surface area contributed by atoms with Gasteiger partial charge in [0.15, 0.2) is 11.6 Å². The molecule has 0 aromatic carbocycles. The molecule has 0 bridgehead atoms. The normalized spacial score (nSPS) is 22.6. The zero-order chi connectivity index (χ0) is 16.1. The number of hydrogen-bond acceptors (Lipinski definition) is 6. The van der Waals surface area contributed by atoms with Crippen molar-refractivity contribution in [2.75, 3.05) is 40.4 Å². The maximum absolute atomic E-state index is 4.61. The summed E-state index contributed by atoms with van der Waals surface area (Å²) < 4.78 is 0. The number of pyridine rings is 2. The Hall–Kier alpha value is -2.50. The van der Waals surface area contributed by atoms with E-state index in [9.17, 15) is 0 Å². The van der Waals surface area contributed by atoms with Crippen LogP contribution >= 0.6 is 0 Å². The summed E-state index contributed by atoms with van der Waals surface area (Å²) in [5.41, 5.74) is 2.36. The van der Waals surface area contributed by atoms with Crippen LogP contribution in [0.3, 0.4) is 0 Å². The number of hydrogen-bond donors (Lipinski definition) is 0. The molecule has 4 heterocycles. The maximum atomic E-state index is 4.61. The Kier molecular flexibility index (Phi) is 3.07. The first-order chi connectivity index (χ1) is 11.1. The summed E-state index contributed by atoms with van der Waals surface area (Å²) in [7, 11) is 4.24. The largest absolute Gasteiger partial charge is 0.351 e. The van der Waals surface area contributed by atoms with E-state index in [1.54, 1.807) is 0 Å². The highest BCUT2D eigenvalue weighted by molar-refractivity contribution is 5.76. The molecule has 0 saturated carbocycles. The van der Waals surface area contributed by atoms with Gasteiger partial charge >= 0.3 is 0 Å². The van der Waals surface area contributed by atoms with E-state index in [0.717, 1.165) is 18.3 Å². The molecule has 0 N–H and O–H groups in total. The van der Waals surface area contributed by atoms with E-state index in [4.69, 9.17) is 0 Å². The van der Waals surface area contributed by atoms with Crippen LogP contribution in [0.25, 0.3) is 0 Å². The molecule has 0 unspecified atom stereocenters. The zero-order valence-corrected chi connectivity index (χ0v) is 14.0. The minimum atomic E-state index is 0.269. The summed E-state index contributed by atoms with van der Waals surface area (Å²) in [6, 6.07) is 8.25. The van der Waals surface area contributed by atoms with Gasteiger partial charge in [-0.3, -0.25) is 0 Å². The fraction of sp³-hybridized carbons (Fsp3) is 0.412. The Morgan fingerprint density at radius 1 is 0.826 bits per heavy atom. The summed E-state index contributed by atoms with van der Waals surface area (Å²) in [5.74, 6) is 2.09. The zero-order valence-electron chi connectivity index (χ0n) is 14.0. The molecule has 6 nitrogen and oxygen atoms in total. The highest BCUT2D eigenvalue weighted by Gasteiger charge is 2.37. The SMILES string of the molecule is C[C@@H]1N(C)c2cccnc2N1CN1c2ncccc2N(C)[C@@H]1C. The Morgan fingerprint density at radius 3 is 1.70 bits per heavy atom. The molecular formula is C17H22N6. The van der Waals surface area contributed by atoms with Crippen LogP contribution in [-0.4, -0.2) is 43.1 Å². The van der Waals surface area contributed by atoms with Crippen LogP contribution in [-0.2, 0) is 0 Å². The number of fused-ring (bicyclic) bond motifs is 2. The smallest absolute Gasteiger partial charge is 0.155 e. The van der Waals surface area contributed by atoms with Crippen molar-refractivity contribution in [2.45, 2.75) is 26.2 Å². The van der Waals surface area contributed by atoms with Gasteiger partial charge < -0.3 is 19.6 Å². The second-order valence-electron chi connectivity index (χ2n) is 6.26. The summed E-state index contributed by atoms with van der Waals surface area (Å²) in [6.07, 6.45) is 4.27. The third-order valence-electron chi connectivity index (χ3n) is 5.16. The van der Waals surface area contributed by atoms with Crippen molar-refractivity contribution in [2.24, 2.45) is 0 Å². The molecule has 2 aliphatic heterocycles. The fourth-order valence-corrected chi connectivity index (χ4v) is 3.48. The topological polar surface area (TPSA) is 38.7 Å². The van der Waals surface area contributed by atoms with Gasteiger partial charge in [0, 0.05) is 26.5 Å². The molecule has 0 spiro atoms. The van der Waals surface area contributed by atoms with Crippen molar-refractivity contribution < 1.29 is 0 Å². The average molecular weight is 310 g/mol. The monoisotopic (exact) mass is 310 g/mol. The predicted octanol–water partition coefficient (Wildman–Crippen LogP) is 2.34.